The third-order valence-electron chi connectivity index (χ3n) is 2.76. The number of nitrogens with zero attached hydrogens (tertiary/aromatic N) is 1. The summed E-state index contributed by atoms with van der Waals surface area (Å²) in [4.78, 5) is 4.38. The Labute approximate surface area is 108 Å². The molecule has 0 bridgehead atoms. The van der Waals surface area contributed by atoms with Gasteiger partial charge in [0.25, 0.3) is 0 Å². The van der Waals surface area contributed by atoms with Crippen molar-refractivity contribution in [3.63, 3.8) is 0 Å². The number of hydrogen-bond acceptors (Lipinski definition) is 1. The standard InChI is InChI=1S/C15H10BrN/c16-14-5-1-3-12(9-14)13-7-6-11-4-2-8-17-15(11)10-13/h1-10H. The van der Waals surface area contributed by atoms with E-state index in [1.54, 1.807) is 0 Å². The molecule has 1 aromatic heterocycles. The van der Waals surface area contributed by atoms with Crippen LogP contribution in [-0.4, -0.2) is 4.98 Å². The molecule has 0 amide bonds. The van der Waals surface area contributed by atoms with Gasteiger partial charge >= 0.3 is 0 Å². The summed E-state index contributed by atoms with van der Waals surface area (Å²) in [6.07, 6.45) is 1.83. The van der Waals surface area contributed by atoms with Crippen LogP contribution in [0.5, 0.6) is 0 Å². The van der Waals surface area contributed by atoms with Gasteiger partial charge in [0, 0.05) is 16.1 Å². The van der Waals surface area contributed by atoms with Crippen LogP contribution < -0.4 is 0 Å². The molecule has 3 aromatic rings. The van der Waals surface area contributed by atoms with E-state index in [2.05, 4.69) is 57.3 Å². The van der Waals surface area contributed by atoms with Crippen LogP contribution in [0, 0.1) is 0 Å². The predicted octanol–water partition coefficient (Wildman–Crippen LogP) is 4.66. The first-order valence-corrected chi connectivity index (χ1v) is 6.23. The Bertz CT molecular complexity index is 676. The van der Waals surface area contributed by atoms with Gasteiger partial charge in [-0.3, -0.25) is 4.98 Å². The Morgan fingerprint density at radius 2 is 1.71 bits per heavy atom. The second kappa shape index (κ2) is 4.30. The third kappa shape index (κ3) is 2.08. The van der Waals surface area contributed by atoms with E-state index in [0.29, 0.717) is 0 Å². The minimum Gasteiger partial charge on any atom is -0.256 e. The van der Waals surface area contributed by atoms with Crippen LogP contribution in [0.1, 0.15) is 0 Å². The average molecular weight is 284 g/mol. The smallest absolute Gasteiger partial charge is 0.0708 e. The molecule has 0 fully saturated rings. The lowest BCUT2D eigenvalue weighted by atomic mass is 10.0. The van der Waals surface area contributed by atoms with Gasteiger partial charge in [-0.25, -0.2) is 0 Å². The minimum atomic E-state index is 1.03. The van der Waals surface area contributed by atoms with Gasteiger partial charge in [-0.15, -0.1) is 0 Å². The van der Waals surface area contributed by atoms with Crippen LogP contribution in [0.2, 0.25) is 0 Å². The van der Waals surface area contributed by atoms with Crippen molar-refractivity contribution in [2.45, 2.75) is 0 Å². The molecular formula is C15H10BrN. The van der Waals surface area contributed by atoms with Gasteiger partial charge in [0.2, 0.25) is 0 Å². The molecule has 0 unspecified atom stereocenters. The molecule has 17 heavy (non-hydrogen) atoms. The number of fused-ring (bicyclic) bond motifs is 1. The van der Waals surface area contributed by atoms with Crippen LogP contribution in [0.25, 0.3) is 22.0 Å². The Hall–Kier alpha value is -1.67. The maximum Gasteiger partial charge on any atom is 0.0708 e. The summed E-state index contributed by atoms with van der Waals surface area (Å²) >= 11 is 3.49. The van der Waals surface area contributed by atoms with Crippen molar-refractivity contribution >= 4 is 26.8 Å². The number of rotatable bonds is 1. The molecule has 3 rings (SSSR count). The highest BCUT2D eigenvalue weighted by atomic mass is 79.9. The lowest BCUT2D eigenvalue weighted by Crippen LogP contribution is -1.81. The van der Waals surface area contributed by atoms with Crippen LogP contribution in [-0.2, 0) is 0 Å². The largest absolute Gasteiger partial charge is 0.256 e. The van der Waals surface area contributed by atoms with Gasteiger partial charge in [0.15, 0.2) is 0 Å². The molecule has 1 heterocycles. The molecule has 0 saturated heterocycles. The summed E-state index contributed by atoms with van der Waals surface area (Å²) in [6, 6.07) is 18.7. The van der Waals surface area contributed by atoms with E-state index in [0.717, 1.165) is 9.99 Å². The van der Waals surface area contributed by atoms with Gasteiger partial charge < -0.3 is 0 Å². The number of aromatic nitrogens is 1. The summed E-state index contributed by atoms with van der Waals surface area (Å²) < 4.78 is 1.09. The Morgan fingerprint density at radius 1 is 0.824 bits per heavy atom. The van der Waals surface area contributed by atoms with Crippen molar-refractivity contribution in [1.82, 2.24) is 4.98 Å². The van der Waals surface area contributed by atoms with Gasteiger partial charge in [0.1, 0.15) is 0 Å². The predicted molar refractivity (Wildman–Crippen MR) is 74.9 cm³/mol. The molecule has 0 saturated carbocycles. The van der Waals surface area contributed by atoms with E-state index in [4.69, 9.17) is 0 Å². The summed E-state index contributed by atoms with van der Waals surface area (Å²) in [7, 11) is 0. The van der Waals surface area contributed by atoms with E-state index in [1.807, 2.05) is 24.4 Å². The quantitative estimate of drug-likeness (QED) is 0.633. The number of benzene rings is 2. The number of hydrogen-bond donors (Lipinski definition) is 0. The van der Waals surface area contributed by atoms with Crippen LogP contribution >= 0.6 is 15.9 Å². The molecule has 0 N–H and O–H groups in total. The Balaban J connectivity index is 2.18. The SMILES string of the molecule is Brc1cccc(-c2ccc3cccnc3c2)c1. The molecule has 2 heteroatoms. The lowest BCUT2D eigenvalue weighted by molar-refractivity contribution is 1.41. The number of pyridine rings is 1. The van der Waals surface area contributed by atoms with Crippen LogP contribution in [0.15, 0.2) is 65.3 Å². The van der Waals surface area contributed by atoms with Crippen LogP contribution in [0.3, 0.4) is 0 Å². The van der Waals surface area contributed by atoms with E-state index in [1.165, 1.54) is 16.5 Å². The fraction of sp³-hybridized carbons (Fsp3) is 0. The van der Waals surface area contributed by atoms with Gasteiger partial charge in [-0.05, 0) is 35.4 Å². The van der Waals surface area contributed by atoms with Crippen molar-refractivity contribution in [2.75, 3.05) is 0 Å². The highest BCUT2D eigenvalue weighted by Gasteiger charge is 2.00. The topological polar surface area (TPSA) is 12.9 Å². The van der Waals surface area contributed by atoms with E-state index in [-0.39, 0.29) is 0 Å². The normalized spacial score (nSPS) is 10.6. The molecule has 0 radical (unpaired) electrons. The van der Waals surface area contributed by atoms with E-state index < -0.39 is 0 Å². The first-order valence-electron chi connectivity index (χ1n) is 5.44. The van der Waals surface area contributed by atoms with Crippen molar-refractivity contribution in [3.05, 3.63) is 65.3 Å². The number of halogens is 1. The van der Waals surface area contributed by atoms with Crippen molar-refractivity contribution in [2.24, 2.45) is 0 Å². The first-order chi connectivity index (χ1) is 8.33. The van der Waals surface area contributed by atoms with Crippen molar-refractivity contribution in [1.29, 1.82) is 0 Å². The molecule has 2 aromatic carbocycles. The molecule has 82 valence electrons. The zero-order valence-electron chi connectivity index (χ0n) is 9.10. The molecular weight excluding hydrogens is 274 g/mol. The second-order valence-corrected chi connectivity index (χ2v) is 4.84. The third-order valence-corrected chi connectivity index (χ3v) is 3.26. The van der Waals surface area contributed by atoms with Gasteiger partial charge in [-0.1, -0.05) is 46.3 Å². The molecule has 0 atom stereocenters. The first kappa shape index (κ1) is 10.5. The maximum absolute atomic E-state index is 4.38. The zero-order valence-corrected chi connectivity index (χ0v) is 10.7. The van der Waals surface area contributed by atoms with Crippen LogP contribution in [0.4, 0.5) is 0 Å². The average Bonchev–Trinajstić information content (AvgIpc) is 2.38. The summed E-state index contributed by atoms with van der Waals surface area (Å²) in [5.41, 5.74) is 3.43. The molecule has 0 spiro atoms. The summed E-state index contributed by atoms with van der Waals surface area (Å²) in [6.45, 7) is 0. The van der Waals surface area contributed by atoms with Gasteiger partial charge in [0.05, 0.1) is 5.52 Å². The highest BCUT2D eigenvalue weighted by molar-refractivity contribution is 9.10. The van der Waals surface area contributed by atoms with Crippen molar-refractivity contribution in [3.8, 4) is 11.1 Å². The second-order valence-electron chi connectivity index (χ2n) is 3.92. The molecule has 1 nitrogen and oxygen atoms in total. The summed E-state index contributed by atoms with van der Waals surface area (Å²) in [5.74, 6) is 0. The maximum atomic E-state index is 4.38. The zero-order chi connectivity index (χ0) is 11.7. The fourth-order valence-corrected chi connectivity index (χ4v) is 2.31. The van der Waals surface area contributed by atoms with Crippen molar-refractivity contribution < 1.29 is 0 Å². The minimum absolute atomic E-state index is 1.03. The molecule has 0 aliphatic rings. The Kier molecular flexibility index (Phi) is 2.65. The highest BCUT2D eigenvalue weighted by Crippen LogP contribution is 2.25. The Morgan fingerprint density at radius 3 is 2.59 bits per heavy atom. The molecule has 0 aliphatic heterocycles. The summed E-state index contributed by atoms with van der Waals surface area (Å²) in [5, 5.41) is 1.17. The van der Waals surface area contributed by atoms with Gasteiger partial charge in [-0.2, -0.15) is 0 Å². The van der Waals surface area contributed by atoms with E-state index in [9.17, 15) is 0 Å². The lowest BCUT2D eigenvalue weighted by Gasteiger charge is -2.04. The molecule has 0 aliphatic carbocycles. The monoisotopic (exact) mass is 283 g/mol. The van der Waals surface area contributed by atoms with E-state index >= 15 is 0 Å². The fourth-order valence-electron chi connectivity index (χ4n) is 1.91.